The van der Waals surface area contributed by atoms with Gasteiger partial charge in [0.2, 0.25) is 0 Å². The van der Waals surface area contributed by atoms with Crippen LogP contribution >= 0.6 is 0 Å². The van der Waals surface area contributed by atoms with Crippen LogP contribution in [0.4, 0.5) is 5.69 Å². The average molecular weight is 244 g/mol. The van der Waals surface area contributed by atoms with Crippen molar-refractivity contribution in [2.75, 3.05) is 11.9 Å². The first kappa shape index (κ1) is 14.6. The molecule has 2 nitrogen and oxygen atoms in total. The minimum atomic E-state index is 0.0858. The Labute approximate surface area is 111 Å². The highest BCUT2D eigenvalue weighted by Gasteiger charge is 2.15. The van der Waals surface area contributed by atoms with Gasteiger partial charge in [-0.3, -0.25) is 0 Å². The van der Waals surface area contributed by atoms with Crippen LogP contribution in [0.15, 0.2) is 18.2 Å². The van der Waals surface area contributed by atoms with Gasteiger partial charge in [0, 0.05) is 12.2 Å². The Kier molecular flexibility index (Phi) is 4.78. The fraction of sp³-hybridized carbons (Fsp3) is 0.562. The lowest BCUT2D eigenvalue weighted by molar-refractivity contribution is 0.590. The molecule has 0 radical (unpaired) electrons. The second-order valence-electron chi connectivity index (χ2n) is 5.89. The van der Waals surface area contributed by atoms with E-state index in [1.807, 2.05) is 6.92 Å². The van der Waals surface area contributed by atoms with E-state index in [0.29, 0.717) is 0 Å². The summed E-state index contributed by atoms with van der Waals surface area (Å²) < 4.78 is 0. The van der Waals surface area contributed by atoms with Crippen molar-refractivity contribution in [1.82, 2.24) is 0 Å². The number of hydrogen-bond acceptors (Lipinski definition) is 2. The monoisotopic (exact) mass is 244 g/mol. The van der Waals surface area contributed by atoms with E-state index in [1.54, 1.807) is 0 Å². The van der Waals surface area contributed by atoms with E-state index < -0.39 is 0 Å². The maximum absolute atomic E-state index is 8.97. The zero-order valence-corrected chi connectivity index (χ0v) is 12.2. The van der Waals surface area contributed by atoms with Crippen molar-refractivity contribution < 1.29 is 0 Å². The number of nitriles is 1. The summed E-state index contributed by atoms with van der Waals surface area (Å²) in [4.78, 5) is 0. The van der Waals surface area contributed by atoms with Gasteiger partial charge in [0.05, 0.1) is 12.0 Å². The van der Waals surface area contributed by atoms with E-state index in [1.165, 1.54) is 11.1 Å². The molecule has 1 N–H and O–H groups in total. The van der Waals surface area contributed by atoms with Crippen LogP contribution in [0.2, 0.25) is 0 Å². The molecule has 1 unspecified atom stereocenters. The van der Waals surface area contributed by atoms with Crippen LogP contribution in [0.25, 0.3) is 0 Å². The quantitative estimate of drug-likeness (QED) is 0.859. The van der Waals surface area contributed by atoms with Gasteiger partial charge in [0.15, 0.2) is 0 Å². The predicted octanol–water partition coefficient (Wildman–Crippen LogP) is 4.25. The van der Waals surface area contributed by atoms with Crippen LogP contribution in [-0.2, 0) is 5.41 Å². The molecule has 0 aromatic heterocycles. The molecule has 0 aliphatic rings. The molecule has 0 heterocycles. The lowest BCUT2D eigenvalue weighted by Crippen LogP contribution is -2.15. The van der Waals surface area contributed by atoms with E-state index in [-0.39, 0.29) is 11.3 Å². The van der Waals surface area contributed by atoms with Crippen molar-refractivity contribution in [3.63, 3.8) is 0 Å². The highest BCUT2D eigenvalue weighted by atomic mass is 14.9. The first-order valence-corrected chi connectivity index (χ1v) is 6.63. The molecule has 1 atom stereocenters. The van der Waals surface area contributed by atoms with Crippen LogP contribution in [0.5, 0.6) is 0 Å². The Morgan fingerprint density at radius 2 is 2.00 bits per heavy atom. The molecule has 1 aromatic rings. The van der Waals surface area contributed by atoms with E-state index in [2.05, 4.69) is 57.3 Å². The summed E-state index contributed by atoms with van der Waals surface area (Å²) in [6, 6.07) is 8.86. The molecular weight excluding hydrogens is 220 g/mol. The van der Waals surface area contributed by atoms with Gasteiger partial charge < -0.3 is 5.32 Å². The van der Waals surface area contributed by atoms with Crippen LogP contribution in [0, 0.1) is 24.2 Å². The Balaban J connectivity index is 2.86. The van der Waals surface area contributed by atoms with Crippen molar-refractivity contribution >= 4 is 5.69 Å². The van der Waals surface area contributed by atoms with Gasteiger partial charge in [0.25, 0.3) is 0 Å². The van der Waals surface area contributed by atoms with Crippen LogP contribution < -0.4 is 5.32 Å². The third kappa shape index (κ3) is 3.77. The standard InChI is InChI=1S/C16H24N2/c1-6-13(10-17)11-18-15-9-14(16(3,4)5)8-7-12(15)2/h7-9,13,18H,6,11H2,1-5H3. The summed E-state index contributed by atoms with van der Waals surface area (Å²) in [7, 11) is 0. The van der Waals surface area contributed by atoms with Gasteiger partial charge in [-0.15, -0.1) is 0 Å². The summed E-state index contributed by atoms with van der Waals surface area (Å²) in [6.45, 7) is 11.5. The molecule has 0 saturated heterocycles. The van der Waals surface area contributed by atoms with E-state index in [0.717, 1.165) is 18.7 Å². The molecule has 0 bridgehead atoms. The van der Waals surface area contributed by atoms with Crippen molar-refractivity contribution in [1.29, 1.82) is 5.26 Å². The number of nitrogens with one attached hydrogen (secondary N) is 1. The second kappa shape index (κ2) is 5.91. The average Bonchev–Trinajstić information content (AvgIpc) is 2.31. The molecule has 0 fully saturated rings. The number of rotatable bonds is 4. The third-order valence-electron chi connectivity index (χ3n) is 3.32. The van der Waals surface area contributed by atoms with E-state index in [9.17, 15) is 0 Å². The van der Waals surface area contributed by atoms with Crippen LogP contribution in [0.3, 0.4) is 0 Å². The Morgan fingerprint density at radius 1 is 1.33 bits per heavy atom. The molecule has 1 rings (SSSR count). The van der Waals surface area contributed by atoms with Crippen molar-refractivity contribution in [3.05, 3.63) is 29.3 Å². The predicted molar refractivity (Wildman–Crippen MR) is 77.8 cm³/mol. The molecule has 2 heteroatoms. The fourth-order valence-electron chi connectivity index (χ4n) is 1.79. The van der Waals surface area contributed by atoms with Crippen LogP contribution in [-0.4, -0.2) is 6.54 Å². The molecule has 0 aliphatic carbocycles. The van der Waals surface area contributed by atoms with Gasteiger partial charge in [-0.25, -0.2) is 0 Å². The molecule has 0 spiro atoms. The molecule has 98 valence electrons. The maximum atomic E-state index is 8.97. The first-order valence-electron chi connectivity index (χ1n) is 6.63. The summed E-state index contributed by atoms with van der Waals surface area (Å²) >= 11 is 0. The molecule has 0 aliphatic heterocycles. The highest BCUT2D eigenvalue weighted by molar-refractivity contribution is 5.54. The zero-order chi connectivity index (χ0) is 13.8. The molecule has 1 aromatic carbocycles. The van der Waals surface area contributed by atoms with Gasteiger partial charge in [-0.05, 0) is 36.0 Å². The molecule has 0 amide bonds. The Hall–Kier alpha value is -1.49. The summed E-state index contributed by atoms with van der Waals surface area (Å²) in [5.74, 6) is 0.0858. The van der Waals surface area contributed by atoms with Crippen molar-refractivity contribution in [3.8, 4) is 6.07 Å². The Morgan fingerprint density at radius 3 is 2.50 bits per heavy atom. The number of hydrogen-bond donors (Lipinski definition) is 1. The molecule has 0 saturated carbocycles. The maximum Gasteiger partial charge on any atom is 0.0674 e. The summed E-state index contributed by atoms with van der Waals surface area (Å²) in [5, 5.41) is 12.4. The number of benzene rings is 1. The normalized spacial score (nSPS) is 12.9. The minimum absolute atomic E-state index is 0.0858. The second-order valence-corrected chi connectivity index (χ2v) is 5.89. The smallest absolute Gasteiger partial charge is 0.0674 e. The lowest BCUT2D eigenvalue weighted by atomic mass is 9.86. The SMILES string of the molecule is CCC(C#N)CNc1cc(C(C)(C)C)ccc1C. The van der Waals surface area contributed by atoms with E-state index in [4.69, 9.17) is 5.26 Å². The van der Waals surface area contributed by atoms with Gasteiger partial charge >= 0.3 is 0 Å². The zero-order valence-electron chi connectivity index (χ0n) is 12.2. The van der Waals surface area contributed by atoms with Crippen LogP contribution in [0.1, 0.15) is 45.2 Å². The van der Waals surface area contributed by atoms with Gasteiger partial charge in [0.1, 0.15) is 0 Å². The first-order chi connectivity index (χ1) is 8.38. The fourth-order valence-corrected chi connectivity index (χ4v) is 1.79. The lowest BCUT2D eigenvalue weighted by Gasteiger charge is -2.21. The largest absolute Gasteiger partial charge is 0.384 e. The summed E-state index contributed by atoms with van der Waals surface area (Å²) in [6.07, 6.45) is 0.890. The topological polar surface area (TPSA) is 35.8 Å². The van der Waals surface area contributed by atoms with Gasteiger partial charge in [-0.2, -0.15) is 5.26 Å². The molecular formula is C16H24N2. The van der Waals surface area contributed by atoms with Crippen molar-refractivity contribution in [2.45, 2.75) is 46.5 Å². The van der Waals surface area contributed by atoms with Gasteiger partial charge in [-0.1, -0.05) is 39.8 Å². The number of nitrogens with zero attached hydrogens (tertiary/aromatic N) is 1. The Bertz CT molecular complexity index is 435. The summed E-state index contributed by atoms with van der Waals surface area (Å²) in [5.41, 5.74) is 3.86. The number of aryl methyl sites for hydroxylation is 1. The van der Waals surface area contributed by atoms with Crippen molar-refractivity contribution in [2.24, 2.45) is 5.92 Å². The number of anilines is 1. The highest BCUT2D eigenvalue weighted by Crippen LogP contribution is 2.27. The van der Waals surface area contributed by atoms with E-state index >= 15 is 0 Å². The third-order valence-corrected chi connectivity index (χ3v) is 3.32. The minimum Gasteiger partial charge on any atom is -0.384 e. The molecule has 18 heavy (non-hydrogen) atoms.